The van der Waals surface area contributed by atoms with Crippen LogP contribution in [0.25, 0.3) is 10.9 Å². The molecule has 0 fully saturated rings. The molecular formula is C32H44N2O2. The Kier molecular flexibility index (Phi) is 8.81. The predicted molar refractivity (Wildman–Crippen MR) is 152 cm³/mol. The summed E-state index contributed by atoms with van der Waals surface area (Å²) in [7, 11) is 0. The topological polar surface area (TPSA) is 54.5 Å². The van der Waals surface area contributed by atoms with Crippen LogP contribution in [-0.4, -0.2) is 28.8 Å². The summed E-state index contributed by atoms with van der Waals surface area (Å²) in [6.07, 6.45) is 6.08. The molecule has 0 amide bonds. The standard InChI is InChI=1S/C32H44N2O2/c1-22(2)25-15-13-24(14-16-25)17-23(3)19-33-29(30(35)36-32(7,8)21-31(4,5)6)18-26-20-34-28-12-10-9-11-27(26)28/h9-16,19-20,22-23,29,34H,17-18,21H2,1-8H3. The molecule has 2 unspecified atom stereocenters. The van der Waals surface area contributed by atoms with E-state index >= 15 is 0 Å². The highest BCUT2D eigenvalue weighted by Crippen LogP contribution is 2.30. The molecule has 1 aromatic heterocycles. The van der Waals surface area contributed by atoms with Crippen LogP contribution in [0.1, 0.15) is 84.4 Å². The van der Waals surface area contributed by atoms with E-state index in [9.17, 15) is 4.79 Å². The highest BCUT2D eigenvalue weighted by atomic mass is 16.6. The van der Waals surface area contributed by atoms with E-state index in [1.165, 1.54) is 11.1 Å². The monoisotopic (exact) mass is 488 g/mol. The number of hydrogen-bond donors (Lipinski definition) is 1. The van der Waals surface area contributed by atoms with Crippen LogP contribution in [0.3, 0.4) is 0 Å². The van der Waals surface area contributed by atoms with Gasteiger partial charge < -0.3 is 9.72 Å². The van der Waals surface area contributed by atoms with Gasteiger partial charge in [0, 0.05) is 29.7 Å². The average Bonchev–Trinajstić information content (AvgIpc) is 3.17. The fourth-order valence-corrected chi connectivity index (χ4v) is 5.07. The van der Waals surface area contributed by atoms with Crippen LogP contribution in [0.4, 0.5) is 0 Å². The fourth-order valence-electron chi connectivity index (χ4n) is 5.07. The SMILES string of the molecule is CC(C=NC(Cc1c[nH]c2ccccc12)C(=O)OC(C)(C)CC(C)(C)C)Cc1ccc(C(C)C)cc1. The predicted octanol–water partition coefficient (Wildman–Crippen LogP) is 7.91. The van der Waals surface area contributed by atoms with Gasteiger partial charge in [0.25, 0.3) is 0 Å². The molecule has 3 rings (SSSR count). The Hall–Kier alpha value is -2.88. The normalized spacial score (nSPS) is 14.5. The minimum absolute atomic E-state index is 0.0546. The number of H-pyrrole nitrogens is 1. The third-order valence-corrected chi connectivity index (χ3v) is 6.42. The van der Waals surface area contributed by atoms with Crippen molar-refractivity contribution in [2.24, 2.45) is 16.3 Å². The number of carbonyl (C=O) groups excluding carboxylic acids is 1. The van der Waals surface area contributed by atoms with Gasteiger partial charge in [-0.1, -0.05) is 84.0 Å². The molecule has 2 aromatic carbocycles. The van der Waals surface area contributed by atoms with Gasteiger partial charge in [-0.3, -0.25) is 4.99 Å². The maximum absolute atomic E-state index is 13.4. The van der Waals surface area contributed by atoms with Gasteiger partial charge in [-0.25, -0.2) is 4.79 Å². The Balaban J connectivity index is 1.78. The smallest absolute Gasteiger partial charge is 0.331 e. The van der Waals surface area contributed by atoms with Crippen LogP contribution in [0.2, 0.25) is 0 Å². The number of carbonyl (C=O) groups is 1. The Morgan fingerprint density at radius 1 is 0.972 bits per heavy atom. The number of hydrogen-bond acceptors (Lipinski definition) is 3. The first-order valence-corrected chi connectivity index (χ1v) is 13.2. The van der Waals surface area contributed by atoms with Gasteiger partial charge >= 0.3 is 5.97 Å². The zero-order valence-electron chi connectivity index (χ0n) is 23.4. The minimum atomic E-state index is -0.589. The zero-order chi connectivity index (χ0) is 26.5. The molecule has 1 heterocycles. The number of ether oxygens (including phenoxy) is 1. The second-order valence-electron chi connectivity index (χ2n) is 12.4. The number of rotatable bonds is 10. The maximum Gasteiger partial charge on any atom is 0.331 e. The van der Waals surface area contributed by atoms with Crippen molar-refractivity contribution < 1.29 is 9.53 Å². The lowest BCUT2D eigenvalue weighted by atomic mass is 9.83. The van der Waals surface area contributed by atoms with Crippen LogP contribution >= 0.6 is 0 Å². The third-order valence-electron chi connectivity index (χ3n) is 6.42. The van der Waals surface area contributed by atoms with E-state index in [0.717, 1.165) is 29.3 Å². The first-order chi connectivity index (χ1) is 16.8. The van der Waals surface area contributed by atoms with Crippen molar-refractivity contribution in [3.05, 3.63) is 71.4 Å². The van der Waals surface area contributed by atoms with E-state index in [1.54, 1.807) is 0 Å². The molecule has 194 valence electrons. The van der Waals surface area contributed by atoms with E-state index in [1.807, 2.05) is 38.4 Å². The Labute approximate surface area is 217 Å². The van der Waals surface area contributed by atoms with Crippen molar-refractivity contribution >= 4 is 23.1 Å². The number of para-hydroxylation sites is 1. The molecule has 36 heavy (non-hydrogen) atoms. The van der Waals surface area contributed by atoms with Crippen molar-refractivity contribution in [1.29, 1.82) is 0 Å². The Morgan fingerprint density at radius 2 is 1.64 bits per heavy atom. The molecule has 0 bridgehead atoms. The van der Waals surface area contributed by atoms with Crippen LogP contribution in [0.15, 0.2) is 59.7 Å². The summed E-state index contributed by atoms with van der Waals surface area (Å²) >= 11 is 0. The van der Waals surface area contributed by atoms with Gasteiger partial charge in [0.05, 0.1) is 0 Å². The Morgan fingerprint density at radius 3 is 2.28 bits per heavy atom. The number of esters is 1. The second kappa shape index (κ2) is 11.5. The number of nitrogens with one attached hydrogen (secondary N) is 1. The number of aliphatic imine (C=N–C) groups is 1. The van der Waals surface area contributed by atoms with Gasteiger partial charge in [-0.15, -0.1) is 0 Å². The van der Waals surface area contributed by atoms with E-state index in [4.69, 9.17) is 9.73 Å². The van der Waals surface area contributed by atoms with Crippen LogP contribution in [0.5, 0.6) is 0 Å². The van der Waals surface area contributed by atoms with Crippen molar-refractivity contribution in [3.63, 3.8) is 0 Å². The van der Waals surface area contributed by atoms with Gasteiger partial charge in [0.15, 0.2) is 6.04 Å². The van der Waals surface area contributed by atoms with E-state index in [2.05, 4.69) is 82.9 Å². The van der Waals surface area contributed by atoms with E-state index < -0.39 is 11.6 Å². The summed E-state index contributed by atoms with van der Waals surface area (Å²) in [5, 5.41) is 1.12. The van der Waals surface area contributed by atoms with Crippen LogP contribution in [-0.2, 0) is 22.4 Å². The molecule has 0 radical (unpaired) electrons. The van der Waals surface area contributed by atoms with Crippen molar-refractivity contribution in [1.82, 2.24) is 4.98 Å². The maximum atomic E-state index is 13.4. The molecule has 0 aliphatic heterocycles. The molecule has 4 heteroatoms. The lowest BCUT2D eigenvalue weighted by molar-refractivity contribution is -0.160. The number of nitrogens with zero attached hydrogens (tertiary/aromatic N) is 1. The zero-order valence-corrected chi connectivity index (χ0v) is 23.4. The van der Waals surface area contributed by atoms with E-state index in [0.29, 0.717) is 12.3 Å². The summed E-state index contributed by atoms with van der Waals surface area (Å²) in [5.74, 6) is 0.465. The summed E-state index contributed by atoms with van der Waals surface area (Å²) in [5.41, 5.74) is 4.26. The number of benzene rings is 2. The first kappa shape index (κ1) is 27.7. The van der Waals surface area contributed by atoms with Gasteiger partial charge in [-0.2, -0.15) is 0 Å². The minimum Gasteiger partial charge on any atom is -0.458 e. The molecule has 0 aliphatic rings. The molecule has 0 saturated carbocycles. The highest BCUT2D eigenvalue weighted by Gasteiger charge is 2.32. The highest BCUT2D eigenvalue weighted by molar-refractivity contribution is 5.85. The van der Waals surface area contributed by atoms with Gasteiger partial charge in [0.1, 0.15) is 5.60 Å². The van der Waals surface area contributed by atoms with Gasteiger partial charge in [0.2, 0.25) is 0 Å². The lowest BCUT2D eigenvalue weighted by Crippen LogP contribution is -2.37. The first-order valence-electron chi connectivity index (χ1n) is 13.2. The Bertz CT molecular complexity index is 1160. The van der Waals surface area contributed by atoms with Crippen LogP contribution in [0, 0.1) is 11.3 Å². The molecule has 3 aromatic rings. The quantitative estimate of drug-likeness (QED) is 0.233. The summed E-state index contributed by atoms with van der Waals surface area (Å²) in [6, 6.07) is 16.4. The van der Waals surface area contributed by atoms with Crippen molar-refractivity contribution in [3.8, 4) is 0 Å². The van der Waals surface area contributed by atoms with Gasteiger partial charge in [-0.05, 0) is 66.7 Å². The molecule has 1 N–H and O–H groups in total. The van der Waals surface area contributed by atoms with Crippen LogP contribution < -0.4 is 0 Å². The van der Waals surface area contributed by atoms with Crippen molar-refractivity contribution in [2.45, 2.75) is 92.2 Å². The largest absolute Gasteiger partial charge is 0.458 e. The summed E-state index contributed by atoms with van der Waals surface area (Å²) in [6.45, 7) is 17.0. The third kappa shape index (κ3) is 8.08. The average molecular weight is 489 g/mol. The number of aromatic amines is 1. The number of fused-ring (bicyclic) bond motifs is 1. The molecule has 2 atom stereocenters. The summed E-state index contributed by atoms with van der Waals surface area (Å²) < 4.78 is 6.06. The molecule has 0 spiro atoms. The molecular weight excluding hydrogens is 444 g/mol. The molecule has 0 aliphatic carbocycles. The van der Waals surface area contributed by atoms with Crippen molar-refractivity contribution in [2.75, 3.05) is 0 Å². The lowest BCUT2D eigenvalue weighted by Gasteiger charge is -2.33. The van der Waals surface area contributed by atoms with E-state index in [-0.39, 0.29) is 17.3 Å². The second-order valence-corrected chi connectivity index (χ2v) is 12.4. The molecule has 0 saturated heterocycles. The summed E-state index contributed by atoms with van der Waals surface area (Å²) in [4.78, 5) is 21.6. The number of aromatic nitrogens is 1. The fraction of sp³-hybridized carbons (Fsp3) is 0.500. The molecule has 4 nitrogen and oxygen atoms in total.